The van der Waals surface area contributed by atoms with Gasteiger partial charge < -0.3 is 15.1 Å². The standard InChI is InChI=1S/C21H20N6OS/c22-15-17-7-4-8-18(13-17)23-20(28)26-9-11-27(12-10-26)21-24-19(25-29-21)14-16-5-2-1-3-6-16/h1-8,13H,9-12,14H2,(H,23,28). The van der Waals surface area contributed by atoms with Crippen molar-refractivity contribution in [3.63, 3.8) is 0 Å². The summed E-state index contributed by atoms with van der Waals surface area (Å²) >= 11 is 1.41. The Bertz CT molecular complexity index is 1020. The Morgan fingerprint density at radius 3 is 2.66 bits per heavy atom. The van der Waals surface area contributed by atoms with E-state index in [1.165, 1.54) is 17.1 Å². The Hall–Kier alpha value is -3.44. The zero-order valence-electron chi connectivity index (χ0n) is 15.8. The molecule has 4 rings (SSSR count). The number of carbonyl (C=O) groups is 1. The van der Waals surface area contributed by atoms with Gasteiger partial charge in [0.05, 0.1) is 11.6 Å². The summed E-state index contributed by atoms with van der Waals surface area (Å²) in [7, 11) is 0. The molecule has 2 amide bonds. The fraction of sp³-hybridized carbons (Fsp3) is 0.238. The van der Waals surface area contributed by atoms with Crippen LogP contribution in [0.25, 0.3) is 0 Å². The summed E-state index contributed by atoms with van der Waals surface area (Å²) in [5.41, 5.74) is 2.35. The lowest BCUT2D eigenvalue weighted by atomic mass is 10.1. The number of nitrogens with one attached hydrogen (secondary N) is 1. The van der Waals surface area contributed by atoms with Gasteiger partial charge in [-0.15, -0.1) is 0 Å². The van der Waals surface area contributed by atoms with Gasteiger partial charge in [0.15, 0.2) is 0 Å². The van der Waals surface area contributed by atoms with Crippen LogP contribution in [0.2, 0.25) is 0 Å². The Morgan fingerprint density at radius 2 is 1.90 bits per heavy atom. The maximum Gasteiger partial charge on any atom is 0.321 e. The van der Waals surface area contributed by atoms with E-state index in [1.807, 2.05) is 18.2 Å². The van der Waals surface area contributed by atoms with E-state index in [1.54, 1.807) is 29.2 Å². The summed E-state index contributed by atoms with van der Waals surface area (Å²) in [4.78, 5) is 21.1. The third-order valence-corrected chi connectivity index (χ3v) is 5.56. The Labute approximate surface area is 173 Å². The van der Waals surface area contributed by atoms with Crippen LogP contribution in [0.3, 0.4) is 0 Å². The monoisotopic (exact) mass is 404 g/mol. The van der Waals surface area contributed by atoms with Gasteiger partial charge in [-0.25, -0.2) is 9.78 Å². The van der Waals surface area contributed by atoms with Crippen molar-refractivity contribution in [3.05, 3.63) is 71.5 Å². The van der Waals surface area contributed by atoms with Crippen LogP contribution in [0.15, 0.2) is 54.6 Å². The van der Waals surface area contributed by atoms with Crippen LogP contribution in [0.1, 0.15) is 17.0 Å². The van der Waals surface area contributed by atoms with Gasteiger partial charge >= 0.3 is 6.03 Å². The molecule has 29 heavy (non-hydrogen) atoms. The molecule has 7 nitrogen and oxygen atoms in total. The predicted molar refractivity (Wildman–Crippen MR) is 113 cm³/mol. The molecule has 0 unspecified atom stereocenters. The number of nitriles is 1. The first-order chi connectivity index (χ1) is 14.2. The van der Waals surface area contributed by atoms with Crippen LogP contribution < -0.4 is 10.2 Å². The van der Waals surface area contributed by atoms with E-state index < -0.39 is 0 Å². The van der Waals surface area contributed by atoms with Gasteiger partial charge in [0.1, 0.15) is 5.82 Å². The highest BCUT2D eigenvalue weighted by atomic mass is 32.1. The second kappa shape index (κ2) is 8.71. The van der Waals surface area contributed by atoms with E-state index in [-0.39, 0.29) is 6.03 Å². The minimum atomic E-state index is -0.151. The molecular formula is C21H20N6OS. The quantitative estimate of drug-likeness (QED) is 0.721. The first-order valence-electron chi connectivity index (χ1n) is 9.39. The Kier molecular flexibility index (Phi) is 5.68. The number of piperazine rings is 1. The molecule has 0 atom stereocenters. The topological polar surface area (TPSA) is 85.2 Å². The van der Waals surface area contributed by atoms with E-state index >= 15 is 0 Å². The molecule has 1 aromatic heterocycles. The molecule has 1 aliphatic heterocycles. The van der Waals surface area contributed by atoms with E-state index in [9.17, 15) is 4.79 Å². The molecule has 2 aromatic carbocycles. The van der Waals surface area contributed by atoms with E-state index in [2.05, 4.69) is 37.8 Å². The molecule has 146 valence electrons. The maximum atomic E-state index is 12.5. The second-order valence-corrected chi connectivity index (χ2v) is 7.48. The van der Waals surface area contributed by atoms with E-state index in [4.69, 9.17) is 5.26 Å². The summed E-state index contributed by atoms with van der Waals surface area (Å²) in [5.74, 6) is 0.828. The van der Waals surface area contributed by atoms with Crippen LogP contribution in [0.4, 0.5) is 15.6 Å². The SMILES string of the molecule is N#Cc1cccc(NC(=O)N2CCN(c3nc(Cc4ccccc4)ns3)CC2)c1. The molecular weight excluding hydrogens is 384 g/mol. The van der Waals surface area contributed by atoms with E-state index in [0.717, 1.165) is 17.4 Å². The average molecular weight is 404 g/mol. The zero-order valence-corrected chi connectivity index (χ0v) is 16.6. The molecule has 0 radical (unpaired) electrons. The van der Waals surface area contributed by atoms with Gasteiger partial charge in [-0.1, -0.05) is 36.4 Å². The lowest BCUT2D eigenvalue weighted by Crippen LogP contribution is -2.50. The van der Waals surface area contributed by atoms with Crippen LogP contribution in [-0.4, -0.2) is 46.5 Å². The maximum absolute atomic E-state index is 12.5. The molecule has 0 bridgehead atoms. The minimum absolute atomic E-state index is 0.151. The Balaban J connectivity index is 1.31. The number of urea groups is 1. The summed E-state index contributed by atoms with van der Waals surface area (Å²) in [5, 5.41) is 12.7. The Morgan fingerprint density at radius 1 is 1.10 bits per heavy atom. The fourth-order valence-corrected chi connectivity index (χ4v) is 3.93. The molecule has 0 spiro atoms. The molecule has 0 saturated carbocycles. The normalized spacial score (nSPS) is 13.8. The van der Waals surface area contributed by atoms with Crippen molar-refractivity contribution in [1.82, 2.24) is 14.3 Å². The first-order valence-corrected chi connectivity index (χ1v) is 10.2. The molecule has 8 heteroatoms. The summed E-state index contributed by atoms with van der Waals surface area (Å²) in [6, 6.07) is 19.0. The van der Waals surface area contributed by atoms with Crippen molar-refractivity contribution in [2.24, 2.45) is 0 Å². The van der Waals surface area contributed by atoms with Gasteiger partial charge in [-0.2, -0.15) is 9.64 Å². The van der Waals surface area contributed by atoms with Crippen molar-refractivity contribution in [3.8, 4) is 6.07 Å². The second-order valence-electron chi connectivity index (χ2n) is 6.75. The van der Waals surface area contributed by atoms with Crippen molar-refractivity contribution >= 4 is 28.4 Å². The summed E-state index contributed by atoms with van der Waals surface area (Å²) in [6.07, 6.45) is 0.724. The first kappa shape index (κ1) is 18.9. The highest BCUT2D eigenvalue weighted by Gasteiger charge is 2.23. The van der Waals surface area contributed by atoms with Gasteiger partial charge in [0, 0.05) is 49.8 Å². The number of nitrogens with zero attached hydrogens (tertiary/aromatic N) is 5. The molecule has 1 saturated heterocycles. The number of benzene rings is 2. The van der Waals surface area contributed by atoms with Crippen molar-refractivity contribution < 1.29 is 4.79 Å². The van der Waals surface area contributed by atoms with Crippen LogP contribution in [-0.2, 0) is 6.42 Å². The number of carbonyl (C=O) groups excluding carboxylic acids is 1. The third kappa shape index (κ3) is 4.70. The fourth-order valence-electron chi connectivity index (χ4n) is 3.19. The van der Waals surface area contributed by atoms with Crippen molar-refractivity contribution in [2.75, 3.05) is 36.4 Å². The lowest BCUT2D eigenvalue weighted by molar-refractivity contribution is 0.208. The molecule has 1 aliphatic rings. The van der Waals surface area contributed by atoms with Crippen molar-refractivity contribution in [2.45, 2.75) is 6.42 Å². The van der Waals surface area contributed by atoms with Gasteiger partial charge in [-0.3, -0.25) is 0 Å². The lowest BCUT2D eigenvalue weighted by Gasteiger charge is -2.34. The van der Waals surface area contributed by atoms with E-state index in [0.29, 0.717) is 37.4 Å². The summed E-state index contributed by atoms with van der Waals surface area (Å²) in [6.45, 7) is 2.64. The van der Waals surface area contributed by atoms with Gasteiger partial charge in [0.2, 0.25) is 5.13 Å². The molecule has 3 aromatic rings. The molecule has 0 aliphatic carbocycles. The number of rotatable bonds is 4. The van der Waals surface area contributed by atoms with Crippen LogP contribution in [0, 0.1) is 11.3 Å². The van der Waals surface area contributed by atoms with Gasteiger partial charge in [0.25, 0.3) is 0 Å². The number of aromatic nitrogens is 2. The summed E-state index contributed by atoms with van der Waals surface area (Å²) < 4.78 is 4.48. The third-order valence-electron chi connectivity index (χ3n) is 4.74. The predicted octanol–water partition coefficient (Wildman–Crippen LogP) is 3.35. The number of amides is 2. The largest absolute Gasteiger partial charge is 0.343 e. The smallest absolute Gasteiger partial charge is 0.321 e. The molecule has 1 fully saturated rings. The zero-order chi connectivity index (χ0) is 20.1. The number of hydrogen-bond donors (Lipinski definition) is 1. The molecule has 2 heterocycles. The highest BCUT2D eigenvalue weighted by Crippen LogP contribution is 2.21. The highest BCUT2D eigenvalue weighted by molar-refractivity contribution is 7.09. The number of hydrogen-bond acceptors (Lipinski definition) is 6. The van der Waals surface area contributed by atoms with Gasteiger partial charge in [-0.05, 0) is 23.8 Å². The van der Waals surface area contributed by atoms with Crippen molar-refractivity contribution in [1.29, 1.82) is 5.26 Å². The number of anilines is 2. The van der Waals surface area contributed by atoms with Crippen LogP contribution in [0.5, 0.6) is 0 Å². The molecule has 1 N–H and O–H groups in total. The van der Waals surface area contributed by atoms with Crippen LogP contribution >= 0.6 is 11.5 Å². The average Bonchev–Trinajstić information content (AvgIpc) is 3.23. The minimum Gasteiger partial charge on any atom is -0.343 e.